The van der Waals surface area contributed by atoms with Crippen molar-refractivity contribution < 1.29 is 55.5 Å². The number of anilines is 2. The third kappa shape index (κ3) is 8.06. The van der Waals surface area contributed by atoms with Gasteiger partial charge >= 0.3 is 35.5 Å². The number of para-hydroxylation sites is 1. The maximum absolute atomic E-state index is 13.7. The van der Waals surface area contributed by atoms with Gasteiger partial charge in [0.25, 0.3) is 0 Å². The van der Waals surface area contributed by atoms with E-state index in [0.29, 0.717) is 34.4 Å². The van der Waals surface area contributed by atoms with E-state index in [1.807, 2.05) is 44.2 Å². The van der Waals surface area contributed by atoms with E-state index in [0.717, 1.165) is 5.69 Å². The second kappa shape index (κ2) is 14.3. The first kappa shape index (κ1) is 31.1. The molecular formula is C29H31FN5NaO4. The number of halogens is 1. The van der Waals surface area contributed by atoms with Crippen LogP contribution in [0.4, 0.5) is 16.0 Å². The fourth-order valence-electron chi connectivity index (χ4n) is 4.09. The van der Waals surface area contributed by atoms with Crippen LogP contribution >= 0.6 is 0 Å². The molecule has 2 aromatic carbocycles. The van der Waals surface area contributed by atoms with Gasteiger partial charge in [0.15, 0.2) is 0 Å². The number of imidazole rings is 1. The van der Waals surface area contributed by atoms with Crippen LogP contribution in [0.1, 0.15) is 39.9 Å². The number of benzene rings is 2. The smallest absolute Gasteiger partial charge is 1.00 e. The number of rotatable bonds is 11. The maximum Gasteiger partial charge on any atom is 1.00 e. The molecule has 40 heavy (non-hydrogen) atoms. The van der Waals surface area contributed by atoms with Gasteiger partial charge in [0.05, 0.1) is 35.7 Å². The van der Waals surface area contributed by atoms with E-state index in [4.69, 9.17) is 15.1 Å². The van der Waals surface area contributed by atoms with Gasteiger partial charge in [-0.1, -0.05) is 32.0 Å². The van der Waals surface area contributed by atoms with Gasteiger partial charge in [-0.2, -0.15) is 0 Å². The number of carboxylic acid groups (broad SMARTS) is 1. The van der Waals surface area contributed by atoms with Crippen LogP contribution in [0.2, 0.25) is 0 Å². The van der Waals surface area contributed by atoms with E-state index in [9.17, 15) is 19.4 Å². The number of aliphatic carboxylic acids is 1. The second-order valence-electron chi connectivity index (χ2n) is 9.35. The molecule has 9 nitrogen and oxygen atoms in total. The van der Waals surface area contributed by atoms with E-state index in [1.165, 1.54) is 18.2 Å². The molecule has 0 radical (unpaired) electrons. The van der Waals surface area contributed by atoms with Crippen LogP contribution < -0.4 is 34.9 Å². The van der Waals surface area contributed by atoms with Gasteiger partial charge in [0.1, 0.15) is 11.6 Å². The van der Waals surface area contributed by atoms with Crippen LogP contribution in [0, 0.1) is 5.82 Å². The maximum atomic E-state index is 13.7. The van der Waals surface area contributed by atoms with E-state index < -0.39 is 24.6 Å². The van der Waals surface area contributed by atoms with Crippen LogP contribution in [-0.4, -0.2) is 53.0 Å². The number of carbonyl (C=O) groups is 1. The van der Waals surface area contributed by atoms with Crippen LogP contribution in [0.15, 0.2) is 72.9 Å². The minimum Gasteiger partial charge on any atom is -1.00 e. The first-order valence-electron chi connectivity index (χ1n) is 12.5. The van der Waals surface area contributed by atoms with Crippen molar-refractivity contribution in [2.45, 2.75) is 44.8 Å². The average molecular weight is 556 g/mol. The molecule has 2 aromatic heterocycles. The zero-order valence-corrected chi connectivity index (χ0v) is 24.6. The summed E-state index contributed by atoms with van der Waals surface area (Å²) in [5, 5.41) is 32.5. The van der Waals surface area contributed by atoms with Crippen molar-refractivity contribution in [2.24, 2.45) is 0 Å². The summed E-state index contributed by atoms with van der Waals surface area (Å²) >= 11 is 0. The number of aliphatic hydroxyl groups excluding tert-OH is 2. The third-order valence-corrected chi connectivity index (χ3v) is 5.88. The molecule has 0 aliphatic heterocycles. The zero-order valence-electron chi connectivity index (χ0n) is 23.6. The summed E-state index contributed by atoms with van der Waals surface area (Å²) < 4.78 is 15.5. The molecule has 4 aromatic rings. The van der Waals surface area contributed by atoms with Crippen LogP contribution in [0.3, 0.4) is 0 Å². The first-order chi connectivity index (χ1) is 18.7. The Morgan fingerprint density at radius 3 is 2.42 bits per heavy atom. The molecular weight excluding hydrogens is 524 g/mol. The fourth-order valence-corrected chi connectivity index (χ4v) is 4.09. The summed E-state index contributed by atoms with van der Waals surface area (Å²) in [6.45, 7) is 3.95. The van der Waals surface area contributed by atoms with Crippen molar-refractivity contribution in [3.8, 4) is 22.6 Å². The quantitative estimate of drug-likeness (QED) is 0.207. The minimum absolute atomic E-state index is 0. The van der Waals surface area contributed by atoms with Crippen LogP contribution in [0.5, 0.6) is 0 Å². The summed E-state index contributed by atoms with van der Waals surface area (Å²) in [5.74, 6) is -0.534. The Labute approximate surface area is 255 Å². The molecule has 0 bridgehead atoms. The molecule has 2 atom stereocenters. The van der Waals surface area contributed by atoms with E-state index in [-0.39, 0.29) is 49.1 Å². The van der Waals surface area contributed by atoms with E-state index in [2.05, 4.69) is 10.3 Å². The number of nitrogens with one attached hydrogen (secondary N) is 1. The molecule has 0 spiro atoms. The van der Waals surface area contributed by atoms with Gasteiger partial charge in [-0.25, -0.2) is 19.3 Å². The predicted molar refractivity (Wildman–Crippen MR) is 148 cm³/mol. The van der Waals surface area contributed by atoms with Crippen molar-refractivity contribution in [1.82, 2.24) is 19.5 Å². The number of hydrogen-bond donors (Lipinski definition) is 4. The number of aromatic nitrogens is 4. The van der Waals surface area contributed by atoms with Gasteiger partial charge < -0.3 is 26.6 Å². The Bertz CT molecular complexity index is 1450. The van der Waals surface area contributed by atoms with Crippen molar-refractivity contribution in [3.05, 3.63) is 84.6 Å². The molecule has 0 fully saturated rings. The normalized spacial score (nSPS) is 12.8. The monoisotopic (exact) mass is 555 g/mol. The zero-order chi connectivity index (χ0) is 27.9. The summed E-state index contributed by atoms with van der Waals surface area (Å²) in [6.07, 6.45) is 1.81. The van der Waals surface area contributed by atoms with E-state index >= 15 is 0 Å². The predicted octanol–water partition coefficient (Wildman–Crippen LogP) is 2.19. The molecule has 0 saturated heterocycles. The topological polar surface area (TPSA) is 133 Å². The summed E-state index contributed by atoms with van der Waals surface area (Å²) in [7, 11) is 0. The molecule has 2 heterocycles. The first-order valence-corrected chi connectivity index (χ1v) is 12.5. The number of aliphatic hydroxyl groups is 2. The molecule has 0 aliphatic rings. The minimum atomic E-state index is -1.20. The molecule has 0 amide bonds. The van der Waals surface area contributed by atoms with Crippen molar-refractivity contribution in [1.29, 1.82) is 0 Å². The summed E-state index contributed by atoms with van der Waals surface area (Å²) in [5.41, 5.74) is 3.18. The van der Waals surface area contributed by atoms with Gasteiger partial charge in [0, 0.05) is 36.0 Å². The van der Waals surface area contributed by atoms with Crippen LogP contribution in [0.25, 0.3) is 28.8 Å². The Balaban J connectivity index is 0.00000294. The summed E-state index contributed by atoms with van der Waals surface area (Å²) in [6, 6.07) is 17.2. The molecule has 11 heteroatoms. The third-order valence-electron chi connectivity index (χ3n) is 5.88. The second-order valence-corrected chi connectivity index (χ2v) is 9.35. The Morgan fingerprint density at radius 2 is 1.77 bits per heavy atom. The van der Waals surface area contributed by atoms with Gasteiger partial charge in [-0.05, 0) is 48.5 Å². The molecule has 4 N–H and O–H groups in total. The number of carboxylic acids is 1. The molecule has 204 valence electrons. The molecule has 0 unspecified atom stereocenters. The molecule has 0 aliphatic carbocycles. The van der Waals surface area contributed by atoms with Crippen molar-refractivity contribution >= 4 is 23.8 Å². The van der Waals surface area contributed by atoms with Gasteiger partial charge in [0.2, 0.25) is 5.95 Å². The Kier molecular flexibility index (Phi) is 11.1. The summed E-state index contributed by atoms with van der Waals surface area (Å²) in [4.78, 5) is 24.8. The standard InChI is InChI=1S/C29H30FN5O4.Na.H/c1-18(2)28-34-26(19-8-10-20(30)11-9-19)27(35(28)15-13-22(36)16-23(37)17-25(38)39)24-12-14-31-29(33-24)32-21-6-4-3-5-7-21;;/h3-15,18,22-23,36-37H,16-17H2,1-2H3,(H,38,39)(H,31,32,33);;/q;+1;-1/t22-,23-;;/m0../s1. The van der Waals surface area contributed by atoms with Gasteiger partial charge in [-0.3, -0.25) is 4.79 Å². The molecule has 4 rings (SSSR count). The SMILES string of the molecule is CC(C)c1nc(-c2ccc(F)cc2)c(-c2ccnc(Nc3ccccc3)n2)n1C=C[C@H](O)C[C@H](O)CC(=O)O.[H-].[Na+]. The molecule has 0 saturated carbocycles. The number of hydrogen-bond acceptors (Lipinski definition) is 7. The number of nitrogens with zero attached hydrogens (tertiary/aromatic N) is 4. The van der Waals surface area contributed by atoms with Crippen LogP contribution in [-0.2, 0) is 4.79 Å². The van der Waals surface area contributed by atoms with Gasteiger partial charge in [-0.15, -0.1) is 0 Å². The van der Waals surface area contributed by atoms with Crippen molar-refractivity contribution in [3.63, 3.8) is 0 Å². The largest absolute Gasteiger partial charge is 1.00 e. The Morgan fingerprint density at radius 1 is 1.07 bits per heavy atom. The fraction of sp³-hybridized carbons (Fsp3) is 0.241. The Hall–Kier alpha value is -3.41. The van der Waals surface area contributed by atoms with Crippen molar-refractivity contribution in [2.75, 3.05) is 5.32 Å². The van der Waals surface area contributed by atoms with E-state index in [1.54, 1.807) is 35.2 Å². The average Bonchev–Trinajstić information content (AvgIpc) is 3.28.